The maximum atomic E-state index is 13.4. The molecule has 1 heterocycles. The molecule has 1 aliphatic carbocycles. The Hall–Kier alpha value is -3.29. The fourth-order valence-corrected chi connectivity index (χ4v) is 3.74. The number of carbonyl (C=O) groups is 1. The van der Waals surface area contributed by atoms with E-state index in [1.165, 1.54) is 26.4 Å². The van der Waals surface area contributed by atoms with Crippen molar-refractivity contribution in [2.75, 3.05) is 19.5 Å². The van der Waals surface area contributed by atoms with Gasteiger partial charge in [-0.3, -0.25) is 4.79 Å². The van der Waals surface area contributed by atoms with Gasteiger partial charge in [0, 0.05) is 12.1 Å². The van der Waals surface area contributed by atoms with Crippen LogP contribution in [0, 0.1) is 5.82 Å². The molecule has 0 aliphatic heterocycles. The Morgan fingerprint density at radius 1 is 1.14 bits per heavy atom. The number of rotatable bonds is 6. The highest BCUT2D eigenvalue weighted by atomic mass is 19.1. The Labute approximate surface area is 167 Å². The molecule has 7 nitrogen and oxygen atoms in total. The van der Waals surface area contributed by atoms with Gasteiger partial charge in [-0.15, -0.1) is 0 Å². The van der Waals surface area contributed by atoms with Crippen LogP contribution >= 0.6 is 0 Å². The van der Waals surface area contributed by atoms with Crippen LogP contribution in [0.5, 0.6) is 11.5 Å². The lowest BCUT2D eigenvalue weighted by atomic mass is 10.1. The van der Waals surface area contributed by atoms with Crippen molar-refractivity contribution in [2.24, 2.45) is 0 Å². The second kappa shape index (κ2) is 7.98. The molecule has 1 saturated carbocycles. The number of nitrogens with one attached hydrogen (secondary N) is 2. The average Bonchev–Trinajstić information content (AvgIpc) is 3.33. The van der Waals surface area contributed by atoms with Gasteiger partial charge in [-0.05, 0) is 43.5 Å². The summed E-state index contributed by atoms with van der Waals surface area (Å²) < 4.78 is 29.7. The maximum Gasteiger partial charge on any atom is 0.295 e. The van der Waals surface area contributed by atoms with E-state index in [1.807, 2.05) is 0 Å². The number of hydrogen-bond donors (Lipinski definition) is 2. The van der Waals surface area contributed by atoms with E-state index in [2.05, 4.69) is 15.6 Å². The number of nitrogens with zero attached hydrogens (tertiary/aromatic N) is 1. The quantitative estimate of drug-likeness (QED) is 0.657. The summed E-state index contributed by atoms with van der Waals surface area (Å²) in [6.07, 6.45) is 2.61. The molecule has 1 aromatic heterocycles. The second-order valence-electron chi connectivity index (χ2n) is 6.93. The van der Waals surface area contributed by atoms with Gasteiger partial charge in [-0.2, -0.15) is 4.98 Å². The van der Waals surface area contributed by atoms with Gasteiger partial charge in [-0.25, -0.2) is 4.39 Å². The number of fused-ring (bicyclic) bond motifs is 1. The first-order valence-corrected chi connectivity index (χ1v) is 9.43. The topological polar surface area (TPSA) is 85.6 Å². The fourth-order valence-electron chi connectivity index (χ4n) is 3.74. The summed E-state index contributed by atoms with van der Waals surface area (Å²) in [5.74, 6) is 0.266. The van der Waals surface area contributed by atoms with Crippen molar-refractivity contribution in [3.63, 3.8) is 0 Å². The van der Waals surface area contributed by atoms with Crippen LogP contribution in [0.3, 0.4) is 0 Å². The first-order valence-electron chi connectivity index (χ1n) is 9.43. The molecule has 2 aromatic carbocycles. The summed E-state index contributed by atoms with van der Waals surface area (Å²) in [6, 6.07) is 9.55. The highest BCUT2D eigenvalue weighted by Gasteiger charge is 2.31. The van der Waals surface area contributed by atoms with Crippen molar-refractivity contribution in [1.82, 2.24) is 10.3 Å². The molecule has 2 N–H and O–H groups in total. The van der Waals surface area contributed by atoms with Crippen molar-refractivity contribution in [3.05, 3.63) is 47.8 Å². The van der Waals surface area contributed by atoms with Gasteiger partial charge in [0.1, 0.15) is 28.4 Å². The Morgan fingerprint density at radius 2 is 1.86 bits per heavy atom. The van der Waals surface area contributed by atoms with Crippen molar-refractivity contribution >= 4 is 23.0 Å². The SMILES string of the molecule is COc1cccc(OC)c1C(=O)N[C@H]1CCC[C@@H]1Nc1nc2cc(F)ccc2o1. The number of hydrogen-bond acceptors (Lipinski definition) is 6. The fraction of sp³-hybridized carbons (Fsp3) is 0.333. The van der Waals surface area contributed by atoms with Crippen molar-refractivity contribution in [3.8, 4) is 11.5 Å². The lowest BCUT2D eigenvalue weighted by Gasteiger charge is -2.22. The number of methoxy groups -OCH3 is 2. The van der Waals surface area contributed by atoms with Crippen molar-refractivity contribution < 1.29 is 23.1 Å². The van der Waals surface area contributed by atoms with Gasteiger partial charge >= 0.3 is 0 Å². The van der Waals surface area contributed by atoms with E-state index in [-0.39, 0.29) is 23.8 Å². The summed E-state index contributed by atoms with van der Waals surface area (Å²) in [4.78, 5) is 17.2. The van der Waals surface area contributed by atoms with Crippen molar-refractivity contribution in [2.45, 2.75) is 31.3 Å². The largest absolute Gasteiger partial charge is 0.496 e. The summed E-state index contributed by atoms with van der Waals surface area (Å²) >= 11 is 0. The highest BCUT2D eigenvalue weighted by molar-refractivity contribution is 6.00. The minimum Gasteiger partial charge on any atom is -0.496 e. The van der Waals surface area contributed by atoms with Gasteiger partial charge in [0.15, 0.2) is 5.58 Å². The summed E-state index contributed by atoms with van der Waals surface area (Å²) in [5.41, 5.74) is 1.32. The molecular formula is C21H22FN3O4. The standard InChI is InChI=1S/C21H22FN3O4/c1-27-17-7-4-8-18(28-2)19(17)20(26)23-13-5-3-6-14(13)24-21-25-15-11-12(22)9-10-16(15)29-21/h4,7-11,13-14H,3,5-6H2,1-2H3,(H,23,26)(H,24,25)/t13-,14-/m0/s1. The van der Waals surface area contributed by atoms with Crippen LogP contribution < -0.4 is 20.1 Å². The molecule has 0 radical (unpaired) electrons. The Bertz CT molecular complexity index is 1010. The van der Waals surface area contributed by atoms with E-state index in [1.54, 1.807) is 24.3 Å². The number of oxazole rings is 1. The normalized spacial score (nSPS) is 18.6. The molecule has 1 aliphatic rings. The van der Waals surface area contributed by atoms with E-state index >= 15 is 0 Å². The summed E-state index contributed by atoms with van der Waals surface area (Å²) in [5, 5.41) is 6.30. The predicted molar refractivity (Wildman–Crippen MR) is 106 cm³/mol. The van der Waals surface area contributed by atoms with Gasteiger partial charge in [0.2, 0.25) is 0 Å². The average molecular weight is 399 g/mol. The lowest BCUT2D eigenvalue weighted by Crippen LogP contribution is -2.43. The number of halogens is 1. The molecule has 0 unspecified atom stereocenters. The van der Waals surface area contributed by atoms with Crippen molar-refractivity contribution in [1.29, 1.82) is 0 Å². The van der Waals surface area contributed by atoms with Crippen LogP contribution in [-0.2, 0) is 0 Å². The van der Waals surface area contributed by atoms with E-state index in [4.69, 9.17) is 13.9 Å². The molecule has 8 heteroatoms. The molecule has 152 valence electrons. The van der Waals surface area contributed by atoms with E-state index < -0.39 is 0 Å². The minimum atomic E-state index is -0.367. The zero-order chi connectivity index (χ0) is 20.4. The zero-order valence-electron chi connectivity index (χ0n) is 16.2. The Kier molecular flexibility index (Phi) is 5.24. The minimum absolute atomic E-state index is 0.0578. The monoisotopic (exact) mass is 399 g/mol. The molecule has 4 rings (SSSR count). The zero-order valence-corrected chi connectivity index (χ0v) is 16.2. The van der Waals surface area contributed by atoms with Gasteiger partial charge in [0.05, 0.1) is 20.3 Å². The molecule has 1 amide bonds. The van der Waals surface area contributed by atoms with E-state index in [9.17, 15) is 9.18 Å². The third-order valence-corrected chi connectivity index (χ3v) is 5.15. The summed E-state index contributed by atoms with van der Waals surface area (Å²) in [6.45, 7) is 0. The predicted octanol–water partition coefficient (Wildman–Crippen LogP) is 3.75. The first-order chi connectivity index (χ1) is 14.1. The smallest absolute Gasteiger partial charge is 0.295 e. The molecule has 2 atom stereocenters. The van der Waals surface area contributed by atoms with Crippen LogP contribution in [0.4, 0.5) is 10.4 Å². The molecule has 0 bridgehead atoms. The Balaban J connectivity index is 1.51. The van der Waals surface area contributed by atoms with E-state index in [0.717, 1.165) is 19.3 Å². The number of benzene rings is 2. The molecule has 29 heavy (non-hydrogen) atoms. The van der Waals surface area contributed by atoms with Gasteiger partial charge < -0.3 is 24.5 Å². The number of amides is 1. The molecular weight excluding hydrogens is 377 g/mol. The first kappa shape index (κ1) is 19.0. The third-order valence-electron chi connectivity index (χ3n) is 5.15. The number of anilines is 1. The molecule has 1 fully saturated rings. The summed E-state index contributed by atoms with van der Waals surface area (Å²) in [7, 11) is 3.03. The Morgan fingerprint density at radius 3 is 2.59 bits per heavy atom. The molecule has 3 aromatic rings. The van der Waals surface area contributed by atoms with Crippen LogP contribution in [-0.4, -0.2) is 37.2 Å². The van der Waals surface area contributed by atoms with Crippen LogP contribution in [0.1, 0.15) is 29.6 Å². The highest BCUT2D eigenvalue weighted by Crippen LogP contribution is 2.30. The number of carbonyl (C=O) groups excluding carboxylic acids is 1. The second-order valence-corrected chi connectivity index (χ2v) is 6.93. The van der Waals surface area contributed by atoms with Crippen LogP contribution in [0.2, 0.25) is 0 Å². The van der Waals surface area contributed by atoms with Crippen LogP contribution in [0.15, 0.2) is 40.8 Å². The number of ether oxygens (including phenoxy) is 2. The van der Waals surface area contributed by atoms with Crippen LogP contribution in [0.25, 0.3) is 11.1 Å². The van der Waals surface area contributed by atoms with E-state index in [0.29, 0.717) is 34.2 Å². The third kappa shape index (κ3) is 3.83. The molecule has 0 spiro atoms. The van der Waals surface area contributed by atoms with Gasteiger partial charge in [0.25, 0.3) is 11.9 Å². The lowest BCUT2D eigenvalue weighted by molar-refractivity contribution is 0.0929. The van der Waals surface area contributed by atoms with Gasteiger partial charge in [-0.1, -0.05) is 6.07 Å². The molecule has 0 saturated heterocycles. The maximum absolute atomic E-state index is 13.4. The number of aromatic nitrogens is 1.